The number of carbonyl (C=O) groups excluding carboxylic acids is 1. The second kappa shape index (κ2) is 5.72. The van der Waals surface area contributed by atoms with Crippen molar-refractivity contribution in [3.8, 4) is 0 Å². The maximum absolute atomic E-state index is 13.5. The number of carbonyl (C=O) groups is 1. The summed E-state index contributed by atoms with van der Waals surface area (Å²) in [5, 5.41) is 12.2. The van der Waals surface area contributed by atoms with Crippen LogP contribution in [0.2, 0.25) is 0 Å². The summed E-state index contributed by atoms with van der Waals surface area (Å²) in [6.07, 6.45) is 0. The van der Waals surface area contributed by atoms with Crippen LogP contribution in [-0.2, 0) is 4.74 Å². The monoisotopic (exact) mass is 269 g/mol. The van der Waals surface area contributed by atoms with E-state index in [1.807, 2.05) is 0 Å². The second-order valence-electron chi connectivity index (χ2n) is 3.96. The van der Waals surface area contributed by atoms with Gasteiger partial charge in [0.15, 0.2) is 0 Å². The van der Waals surface area contributed by atoms with Gasteiger partial charge in [-0.05, 0) is 6.07 Å². The Bertz CT molecular complexity index is 503. The molecule has 0 aliphatic carbocycles. The van der Waals surface area contributed by atoms with Crippen LogP contribution in [0.3, 0.4) is 0 Å². The molecule has 102 valence electrons. The Kier molecular flexibility index (Phi) is 4.03. The number of hydrogen-bond donors (Lipinski definition) is 1. The molecule has 8 heteroatoms. The van der Waals surface area contributed by atoms with Gasteiger partial charge >= 0.3 is 0 Å². The molecular weight excluding hydrogens is 257 g/mol. The lowest BCUT2D eigenvalue weighted by Crippen LogP contribution is -2.48. The zero-order valence-corrected chi connectivity index (χ0v) is 9.97. The van der Waals surface area contributed by atoms with E-state index in [-0.39, 0.29) is 11.3 Å². The standard InChI is InChI=1S/C11H12FN3O4/c12-10-2-1-8(15(17)18)7-9(10)11(16)13-14-3-5-19-6-4-14/h1-2,7H,3-6H2,(H,13,16). The molecule has 1 aliphatic heterocycles. The molecule has 7 nitrogen and oxygen atoms in total. The predicted molar refractivity (Wildman–Crippen MR) is 62.9 cm³/mol. The maximum atomic E-state index is 13.5. The molecule has 0 atom stereocenters. The van der Waals surface area contributed by atoms with Crippen molar-refractivity contribution in [1.82, 2.24) is 10.4 Å². The quantitative estimate of drug-likeness (QED) is 0.645. The third kappa shape index (κ3) is 3.24. The van der Waals surface area contributed by atoms with Gasteiger partial charge in [-0.2, -0.15) is 0 Å². The normalized spacial score (nSPS) is 16.1. The molecule has 1 aromatic rings. The SMILES string of the molecule is O=C(NN1CCOCC1)c1cc([N+](=O)[O-])ccc1F. The number of ether oxygens (including phenoxy) is 1. The minimum atomic E-state index is -0.795. The van der Waals surface area contributed by atoms with Crippen LogP contribution >= 0.6 is 0 Å². The van der Waals surface area contributed by atoms with Crippen molar-refractivity contribution in [3.63, 3.8) is 0 Å². The van der Waals surface area contributed by atoms with E-state index in [0.717, 1.165) is 18.2 Å². The molecule has 1 heterocycles. The number of nitrogens with one attached hydrogen (secondary N) is 1. The minimum absolute atomic E-state index is 0.325. The van der Waals surface area contributed by atoms with E-state index in [2.05, 4.69) is 5.43 Å². The fraction of sp³-hybridized carbons (Fsp3) is 0.364. The Balaban J connectivity index is 2.13. The van der Waals surface area contributed by atoms with Gasteiger partial charge in [0.25, 0.3) is 11.6 Å². The molecule has 0 spiro atoms. The number of hydrazine groups is 1. The number of halogens is 1. The molecule has 2 rings (SSSR count). The summed E-state index contributed by atoms with van der Waals surface area (Å²) in [5.74, 6) is -1.50. The predicted octanol–water partition coefficient (Wildman–Crippen LogP) is 0.711. The molecule has 1 saturated heterocycles. The smallest absolute Gasteiger partial charge is 0.270 e. The number of non-ortho nitro benzene ring substituents is 1. The summed E-state index contributed by atoms with van der Waals surface area (Å²) in [7, 11) is 0. The van der Waals surface area contributed by atoms with Gasteiger partial charge in [0.05, 0.1) is 23.7 Å². The fourth-order valence-corrected chi connectivity index (χ4v) is 1.68. The van der Waals surface area contributed by atoms with Crippen LogP contribution < -0.4 is 5.43 Å². The molecule has 0 saturated carbocycles. The minimum Gasteiger partial charge on any atom is -0.379 e. The van der Waals surface area contributed by atoms with Crippen LogP contribution in [0.5, 0.6) is 0 Å². The summed E-state index contributed by atoms with van der Waals surface area (Å²) in [6, 6.07) is 2.85. The molecule has 1 fully saturated rings. The highest BCUT2D eigenvalue weighted by Crippen LogP contribution is 2.16. The van der Waals surface area contributed by atoms with Crippen LogP contribution in [0, 0.1) is 15.9 Å². The molecule has 1 aromatic carbocycles. The van der Waals surface area contributed by atoms with Gasteiger partial charge in [-0.1, -0.05) is 0 Å². The molecule has 0 aromatic heterocycles. The van der Waals surface area contributed by atoms with Crippen LogP contribution in [0.1, 0.15) is 10.4 Å². The Morgan fingerprint density at radius 2 is 2.11 bits per heavy atom. The molecule has 19 heavy (non-hydrogen) atoms. The lowest BCUT2D eigenvalue weighted by Gasteiger charge is -2.26. The van der Waals surface area contributed by atoms with Crippen molar-refractivity contribution >= 4 is 11.6 Å². The molecule has 0 radical (unpaired) electrons. The largest absolute Gasteiger partial charge is 0.379 e. The van der Waals surface area contributed by atoms with E-state index in [1.165, 1.54) is 0 Å². The van der Waals surface area contributed by atoms with Gasteiger partial charge in [0.1, 0.15) is 5.82 Å². The Labute approximate surface area is 108 Å². The third-order valence-electron chi connectivity index (χ3n) is 2.68. The van der Waals surface area contributed by atoms with Crippen molar-refractivity contribution in [2.24, 2.45) is 0 Å². The van der Waals surface area contributed by atoms with E-state index >= 15 is 0 Å². The number of rotatable bonds is 3. The zero-order chi connectivity index (χ0) is 13.8. The summed E-state index contributed by atoms with van der Waals surface area (Å²) < 4.78 is 18.6. The van der Waals surface area contributed by atoms with Crippen molar-refractivity contribution in [2.75, 3.05) is 26.3 Å². The van der Waals surface area contributed by atoms with Crippen LogP contribution in [0.25, 0.3) is 0 Å². The van der Waals surface area contributed by atoms with Gasteiger partial charge in [-0.25, -0.2) is 9.40 Å². The second-order valence-corrected chi connectivity index (χ2v) is 3.96. The lowest BCUT2D eigenvalue weighted by molar-refractivity contribution is -0.384. The Morgan fingerprint density at radius 1 is 1.42 bits per heavy atom. The van der Waals surface area contributed by atoms with Crippen molar-refractivity contribution in [3.05, 3.63) is 39.7 Å². The maximum Gasteiger partial charge on any atom is 0.270 e. The van der Waals surface area contributed by atoms with Gasteiger partial charge in [-0.15, -0.1) is 0 Å². The highest BCUT2D eigenvalue weighted by molar-refractivity contribution is 5.94. The average Bonchev–Trinajstić information content (AvgIpc) is 2.40. The summed E-state index contributed by atoms with van der Waals surface area (Å²) in [4.78, 5) is 21.8. The first-order chi connectivity index (χ1) is 9.08. The van der Waals surface area contributed by atoms with E-state index < -0.39 is 16.6 Å². The van der Waals surface area contributed by atoms with Crippen molar-refractivity contribution < 1.29 is 18.8 Å². The number of hydrogen-bond acceptors (Lipinski definition) is 5. The van der Waals surface area contributed by atoms with Gasteiger partial charge in [0, 0.05) is 25.2 Å². The first kappa shape index (κ1) is 13.4. The van der Waals surface area contributed by atoms with Crippen LogP contribution in [-0.4, -0.2) is 42.1 Å². The Morgan fingerprint density at radius 3 is 2.74 bits per heavy atom. The van der Waals surface area contributed by atoms with E-state index in [1.54, 1.807) is 5.01 Å². The van der Waals surface area contributed by atoms with E-state index in [9.17, 15) is 19.3 Å². The average molecular weight is 269 g/mol. The first-order valence-electron chi connectivity index (χ1n) is 5.65. The molecule has 1 amide bonds. The molecule has 1 aliphatic rings. The number of nitro groups is 1. The highest BCUT2D eigenvalue weighted by Gasteiger charge is 2.19. The van der Waals surface area contributed by atoms with Crippen molar-refractivity contribution in [1.29, 1.82) is 0 Å². The first-order valence-corrected chi connectivity index (χ1v) is 5.65. The summed E-state index contributed by atoms with van der Waals surface area (Å²) in [5.41, 5.74) is 1.82. The summed E-state index contributed by atoms with van der Waals surface area (Å²) in [6.45, 7) is 1.92. The van der Waals surface area contributed by atoms with Crippen LogP contribution in [0.4, 0.5) is 10.1 Å². The van der Waals surface area contributed by atoms with Gasteiger partial charge < -0.3 is 4.74 Å². The van der Waals surface area contributed by atoms with Crippen LogP contribution in [0.15, 0.2) is 18.2 Å². The van der Waals surface area contributed by atoms with Gasteiger partial charge in [-0.3, -0.25) is 20.3 Å². The van der Waals surface area contributed by atoms with E-state index in [0.29, 0.717) is 26.3 Å². The molecule has 0 unspecified atom stereocenters. The van der Waals surface area contributed by atoms with Crippen molar-refractivity contribution in [2.45, 2.75) is 0 Å². The number of nitrogens with zero attached hydrogens (tertiary/aromatic N) is 2. The fourth-order valence-electron chi connectivity index (χ4n) is 1.68. The number of amides is 1. The zero-order valence-electron chi connectivity index (χ0n) is 9.97. The molecule has 0 bridgehead atoms. The van der Waals surface area contributed by atoms with E-state index in [4.69, 9.17) is 4.74 Å². The number of morpholine rings is 1. The number of nitro benzene ring substituents is 1. The summed E-state index contributed by atoms with van der Waals surface area (Å²) >= 11 is 0. The third-order valence-corrected chi connectivity index (χ3v) is 2.68. The highest BCUT2D eigenvalue weighted by atomic mass is 19.1. The lowest BCUT2D eigenvalue weighted by atomic mass is 10.2. The molecule has 1 N–H and O–H groups in total. The molecular formula is C11H12FN3O4. The Hall–Kier alpha value is -2.06. The van der Waals surface area contributed by atoms with Gasteiger partial charge in [0.2, 0.25) is 0 Å². The number of benzene rings is 1. The topological polar surface area (TPSA) is 84.7 Å².